The quantitative estimate of drug-likeness (QED) is 0.620. The summed E-state index contributed by atoms with van der Waals surface area (Å²) in [6.45, 7) is 0. The van der Waals surface area contributed by atoms with E-state index in [0.717, 1.165) is 0 Å². The largest absolute Gasteiger partial charge is 0.461 e. The first kappa shape index (κ1) is 19.1. The van der Waals surface area contributed by atoms with E-state index in [1.54, 1.807) is 0 Å². The summed E-state index contributed by atoms with van der Waals surface area (Å²) in [7, 11) is -6.47. The van der Waals surface area contributed by atoms with Gasteiger partial charge in [-0.1, -0.05) is 23.2 Å². The molecule has 0 atom stereocenters. The zero-order valence-electron chi connectivity index (χ0n) is 9.86. The maximum atomic E-state index is 13.3. The van der Waals surface area contributed by atoms with E-state index in [4.69, 9.17) is 28.9 Å². The molecule has 0 aliphatic heterocycles. The Balaban J connectivity index is 3.60. The van der Waals surface area contributed by atoms with E-state index in [2.05, 4.69) is 0 Å². The molecule has 0 saturated carbocycles. The van der Waals surface area contributed by atoms with Crippen LogP contribution in [0.15, 0.2) is 17.0 Å². The molecule has 3 nitrogen and oxygen atoms in total. The highest BCUT2D eigenvalue weighted by Crippen LogP contribution is 2.51. The van der Waals surface area contributed by atoms with Crippen molar-refractivity contribution in [3.8, 4) is 0 Å². The van der Waals surface area contributed by atoms with E-state index in [0.29, 0.717) is 0 Å². The number of alkyl halides is 7. The summed E-state index contributed by atoms with van der Waals surface area (Å²) in [4.78, 5) is -1.63. The third-order valence-corrected chi connectivity index (χ3v) is 4.84. The fourth-order valence-electron chi connectivity index (χ4n) is 1.20. The van der Waals surface area contributed by atoms with Gasteiger partial charge in [0.2, 0.25) is 9.84 Å². The summed E-state index contributed by atoms with van der Waals surface area (Å²) in [6, 6.07) is 0.386. The molecule has 0 spiro atoms. The predicted octanol–water partition coefficient (Wildman–Crippen LogP) is 4.14. The summed E-state index contributed by atoms with van der Waals surface area (Å²) in [5.74, 6) is -6.83. The number of nitrogen functional groups attached to an aromatic ring is 1. The van der Waals surface area contributed by atoms with Gasteiger partial charge in [-0.25, -0.2) is 8.42 Å². The number of sulfone groups is 1. The predicted molar refractivity (Wildman–Crippen MR) is 64.0 cm³/mol. The molecule has 0 heterocycles. The molecule has 0 bridgehead atoms. The molecule has 0 unspecified atom stereocenters. The Labute approximate surface area is 128 Å². The summed E-state index contributed by atoms with van der Waals surface area (Å²) in [5, 5.41) is -7.91. The molecule has 0 radical (unpaired) electrons. The second kappa shape index (κ2) is 5.31. The Hall–Kier alpha value is -0.940. The van der Waals surface area contributed by atoms with Crippen molar-refractivity contribution in [2.45, 2.75) is 22.2 Å². The van der Waals surface area contributed by atoms with Gasteiger partial charge in [0, 0.05) is 0 Å². The molecule has 0 fully saturated rings. The zero-order valence-corrected chi connectivity index (χ0v) is 12.2. The lowest BCUT2D eigenvalue weighted by molar-refractivity contribution is -0.332. The standard InChI is InChI=1S/C9H4Cl2F7NO2S/c10-4-1-3(2-5(11)6(4)19)22(20,21)9(17,18)7(12,13)8(14,15)16/h1-2H,19H2. The van der Waals surface area contributed by atoms with Gasteiger partial charge < -0.3 is 5.73 Å². The van der Waals surface area contributed by atoms with Crippen LogP contribution in [0.25, 0.3) is 0 Å². The number of nitrogens with two attached hydrogens (primary N) is 1. The molecule has 1 aromatic rings. The summed E-state index contributed by atoms with van der Waals surface area (Å²) in [5.41, 5.74) is 4.72. The molecule has 126 valence electrons. The highest BCUT2D eigenvalue weighted by molar-refractivity contribution is 7.92. The Kier molecular flexibility index (Phi) is 4.61. The van der Waals surface area contributed by atoms with Crippen LogP contribution >= 0.6 is 23.2 Å². The lowest BCUT2D eigenvalue weighted by atomic mass is 10.3. The van der Waals surface area contributed by atoms with E-state index in [1.807, 2.05) is 0 Å². The smallest absolute Gasteiger partial charge is 0.396 e. The van der Waals surface area contributed by atoms with Crippen LogP contribution in [0, 0.1) is 0 Å². The lowest BCUT2D eigenvalue weighted by Gasteiger charge is -2.27. The van der Waals surface area contributed by atoms with Crippen molar-refractivity contribution in [2.24, 2.45) is 0 Å². The maximum Gasteiger partial charge on any atom is 0.461 e. The fraction of sp³-hybridized carbons (Fsp3) is 0.333. The van der Waals surface area contributed by atoms with Gasteiger partial charge in [0.1, 0.15) is 0 Å². The summed E-state index contributed by atoms with van der Waals surface area (Å²) >= 11 is 10.7. The normalized spacial score (nSPS) is 14.2. The first-order valence-electron chi connectivity index (χ1n) is 4.89. The van der Waals surface area contributed by atoms with Gasteiger partial charge in [-0.05, 0) is 12.1 Å². The fourth-order valence-corrected chi connectivity index (χ4v) is 3.11. The lowest BCUT2D eigenvalue weighted by Crippen LogP contribution is -2.55. The summed E-state index contributed by atoms with van der Waals surface area (Å²) < 4.78 is 111. The van der Waals surface area contributed by atoms with Crippen LogP contribution in [0.2, 0.25) is 10.0 Å². The molecule has 0 amide bonds. The van der Waals surface area contributed by atoms with Crippen molar-refractivity contribution >= 4 is 38.7 Å². The van der Waals surface area contributed by atoms with Crippen molar-refractivity contribution in [1.82, 2.24) is 0 Å². The van der Waals surface area contributed by atoms with Crippen LogP contribution in [0.1, 0.15) is 0 Å². The van der Waals surface area contributed by atoms with Crippen molar-refractivity contribution in [2.75, 3.05) is 5.73 Å². The Morgan fingerprint density at radius 1 is 0.909 bits per heavy atom. The number of halogens is 9. The average molecular weight is 394 g/mol. The Morgan fingerprint density at radius 3 is 1.59 bits per heavy atom. The molecule has 1 rings (SSSR count). The molecular weight excluding hydrogens is 390 g/mol. The van der Waals surface area contributed by atoms with Crippen molar-refractivity contribution in [1.29, 1.82) is 0 Å². The molecular formula is C9H4Cl2F7NO2S. The summed E-state index contributed by atoms with van der Waals surface area (Å²) in [6.07, 6.45) is -6.80. The Morgan fingerprint density at radius 2 is 1.27 bits per heavy atom. The van der Waals surface area contributed by atoms with Crippen LogP contribution in [0.3, 0.4) is 0 Å². The molecule has 0 aliphatic rings. The van der Waals surface area contributed by atoms with E-state index < -0.39 is 47.8 Å². The second-order valence-corrected chi connectivity index (χ2v) is 6.70. The minimum absolute atomic E-state index is 0.193. The number of rotatable bonds is 3. The minimum Gasteiger partial charge on any atom is -0.396 e. The maximum absolute atomic E-state index is 13.3. The number of hydrogen-bond acceptors (Lipinski definition) is 3. The highest BCUT2D eigenvalue weighted by Gasteiger charge is 2.78. The van der Waals surface area contributed by atoms with E-state index in [1.165, 1.54) is 0 Å². The van der Waals surface area contributed by atoms with Gasteiger partial charge >= 0.3 is 17.4 Å². The van der Waals surface area contributed by atoms with E-state index in [-0.39, 0.29) is 12.1 Å². The van der Waals surface area contributed by atoms with Gasteiger partial charge in [-0.3, -0.25) is 0 Å². The van der Waals surface area contributed by atoms with Crippen LogP contribution in [0.5, 0.6) is 0 Å². The Bertz CT molecular complexity index is 679. The second-order valence-electron chi connectivity index (χ2n) is 3.89. The molecule has 2 N–H and O–H groups in total. The van der Waals surface area contributed by atoms with Crippen molar-refractivity contribution < 1.29 is 39.2 Å². The number of benzene rings is 1. The number of hydrogen-bond donors (Lipinski definition) is 1. The first-order chi connectivity index (χ1) is 9.57. The van der Waals surface area contributed by atoms with E-state index in [9.17, 15) is 39.2 Å². The molecule has 13 heteroatoms. The monoisotopic (exact) mass is 393 g/mol. The van der Waals surface area contributed by atoms with Gasteiger partial charge in [0.25, 0.3) is 0 Å². The molecule has 0 aliphatic carbocycles. The van der Waals surface area contributed by atoms with Crippen molar-refractivity contribution in [3.63, 3.8) is 0 Å². The first-order valence-corrected chi connectivity index (χ1v) is 7.12. The van der Waals surface area contributed by atoms with Crippen LogP contribution in [-0.2, 0) is 9.84 Å². The zero-order chi connectivity index (χ0) is 17.7. The van der Waals surface area contributed by atoms with Gasteiger partial charge in [-0.15, -0.1) is 0 Å². The van der Waals surface area contributed by atoms with Gasteiger partial charge in [-0.2, -0.15) is 30.7 Å². The van der Waals surface area contributed by atoms with E-state index >= 15 is 0 Å². The third kappa shape index (κ3) is 2.69. The topological polar surface area (TPSA) is 60.2 Å². The molecule has 1 aromatic carbocycles. The minimum atomic E-state index is -6.83. The van der Waals surface area contributed by atoms with Crippen LogP contribution in [0.4, 0.5) is 36.4 Å². The van der Waals surface area contributed by atoms with Gasteiger partial charge in [0.05, 0.1) is 20.6 Å². The molecule has 22 heavy (non-hydrogen) atoms. The SMILES string of the molecule is Nc1c(Cl)cc(S(=O)(=O)C(F)(F)C(F)(F)C(F)(F)F)cc1Cl. The van der Waals surface area contributed by atoms with Gasteiger partial charge in [0.15, 0.2) is 0 Å². The highest BCUT2D eigenvalue weighted by atomic mass is 35.5. The van der Waals surface area contributed by atoms with Crippen LogP contribution < -0.4 is 5.73 Å². The molecule has 0 aromatic heterocycles. The molecule has 0 saturated heterocycles. The van der Waals surface area contributed by atoms with Crippen LogP contribution in [-0.4, -0.2) is 25.8 Å². The number of anilines is 1. The average Bonchev–Trinajstić information content (AvgIpc) is 2.33. The third-order valence-electron chi connectivity index (χ3n) is 2.42. The van der Waals surface area contributed by atoms with Crippen molar-refractivity contribution in [3.05, 3.63) is 22.2 Å².